The zero-order valence-electron chi connectivity index (χ0n) is 15.8. The number of nitro groups is 2. The van der Waals surface area contributed by atoms with E-state index in [4.69, 9.17) is 4.84 Å². The highest BCUT2D eigenvalue weighted by molar-refractivity contribution is 7.99. The van der Waals surface area contributed by atoms with Gasteiger partial charge in [-0.05, 0) is 42.8 Å². The van der Waals surface area contributed by atoms with Crippen LogP contribution in [0.15, 0.2) is 81.9 Å². The molecule has 0 fully saturated rings. The summed E-state index contributed by atoms with van der Waals surface area (Å²) in [6.45, 7) is 1.80. The van der Waals surface area contributed by atoms with Gasteiger partial charge in [-0.25, -0.2) is 4.98 Å². The maximum atomic E-state index is 11.5. The number of benzene rings is 2. The van der Waals surface area contributed by atoms with Crippen molar-refractivity contribution in [2.45, 2.75) is 23.5 Å². The van der Waals surface area contributed by atoms with Crippen LogP contribution >= 0.6 is 11.8 Å². The fourth-order valence-electron chi connectivity index (χ4n) is 2.46. The molecule has 0 aliphatic heterocycles. The summed E-state index contributed by atoms with van der Waals surface area (Å²) in [6, 6.07) is 16.1. The Morgan fingerprint density at radius 3 is 2.47 bits per heavy atom. The topological polar surface area (TPSA) is 121 Å². The van der Waals surface area contributed by atoms with Crippen LogP contribution in [0, 0.1) is 20.2 Å². The highest BCUT2D eigenvalue weighted by Gasteiger charge is 2.17. The highest BCUT2D eigenvalue weighted by Crippen LogP contribution is 2.34. The number of hydrogen-bond acceptors (Lipinski definition) is 8. The Kier molecular flexibility index (Phi) is 6.71. The van der Waals surface area contributed by atoms with E-state index in [1.54, 1.807) is 49.5 Å². The standard InChI is InChI=1S/C20H16N4O5S/c1-14(22-29-13-15-5-8-17(9-6-15)23(25)26)16-7-10-19(18(12-16)24(27)28)30-20-4-2-3-11-21-20/h2-12H,13H2,1H3/b22-14-. The minimum absolute atomic E-state index is 0.00518. The average molecular weight is 424 g/mol. The second kappa shape index (κ2) is 9.61. The third kappa shape index (κ3) is 5.39. The summed E-state index contributed by atoms with van der Waals surface area (Å²) in [5, 5.41) is 26.8. The lowest BCUT2D eigenvalue weighted by atomic mass is 10.1. The molecule has 3 rings (SSSR count). The Labute approximate surface area is 175 Å². The summed E-state index contributed by atoms with van der Waals surface area (Å²) in [7, 11) is 0. The lowest BCUT2D eigenvalue weighted by molar-refractivity contribution is -0.387. The zero-order valence-corrected chi connectivity index (χ0v) is 16.6. The summed E-state index contributed by atoms with van der Waals surface area (Å²) >= 11 is 1.21. The van der Waals surface area contributed by atoms with E-state index < -0.39 is 9.85 Å². The van der Waals surface area contributed by atoms with Crippen molar-refractivity contribution in [1.82, 2.24) is 4.98 Å². The molecular formula is C20H16N4O5S. The molecule has 0 unspecified atom stereocenters. The molecule has 9 nitrogen and oxygen atoms in total. The highest BCUT2D eigenvalue weighted by atomic mass is 32.2. The van der Waals surface area contributed by atoms with Gasteiger partial charge in [-0.1, -0.05) is 29.1 Å². The molecule has 0 spiro atoms. The Morgan fingerprint density at radius 1 is 1.07 bits per heavy atom. The molecule has 2 aromatic carbocycles. The largest absolute Gasteiger partial charge is 0.391 e. The third-order valence-electron chi connectivity index (χ3n) is 4.01. The molecule has 0 saturated heterocycles. The van der Waals surface area contributed by atoms with Crippen LogP contribution in [-0.2, 0) is 11.4 Å². The van der Waals surface area contributed by atoms with E-state index in [9.17, 15) is 20.2 Å². The van der Waals surface area contributed by atoms with Crippen molar-refractivity contribution in [3.05, 3.63) is 98.2 Å². The molecule has 1 heterocycles. The predicted octanol–water partition coefficient (Wildman–Crippen LogP) is 4.99. The molecule has 30 heavy (non-hydrogen) atoms. The normalized spacial score (nSPS) is 11.2. The maximum absolute atomic E-state index is 11.5. The molecule has 0 saturated carbocycles. The SMILES string of the molecule is C/C(=N/OCc1ccc([N+](=O)[O-])cc1)c1ccc(Sc2ccccn2)c([N+](=O)[O-])c1. The van der Waals surface area contributed by atoms with E-state index in [0.717, 1.165) is 0 Å². The van der Waals surface area contributed by atoms with E-state index in [1.165, 1.54) is 30.0 Å². The molecule has 1 aromatic heterocycles. The van der Waals surface area contributed by atoms with Crippen molar-refractivity contribution in [1.29, 1.82) is 0 Å². The van der Waals surface area contributed by atoms with E-state index in [2.05, 4.69) is 10.1 Å². The van der Waals surface area contributed by atoms with Gasteiger partial charge in [0, 0.05) is 30.0 Å². The van der Waals surface area contributed by atoms with Crippen molar-refractivity contribution < 1.29 is 14.7 Å². The molecule has 0 aliphatic rings. The first kappa shape index (κ1) is 20.9. The smallest absolute Gasteiger partial charge is 0.283 e. The molecule has 152 valence electrons. The molecular weight excluding hydrogens is 408 g/mol. The lowest BCUT2D eigenvalue weighted by Gasteiger charge is -2.06. The number of rotatable bonds is 8. The first-order chi connectivity index (χ1) is 14.4. The number of nitrogens with zero attached hydrogens (tertiary/aromatic N) is 4. The Balaban J connectivity index is 1.71. The molecule has 0 bridgehead atoms. The molecule has 10 heteroatoms. The quantitative estimate of drug-likeness (QED) is 0.284. The molecule has 0 radical (unpaired) electrons. The van der Waals surface area contributed by atoms with Gasteiger partial charge < -0.3 is 4.84 Å². The van der Waals surface area contributed by atoms with Crippen molar-refractivity contribution in [2.75, 3.05) is 0 Å². The van der Waals surface area contributed by atoms with Gasteiger partial charge in [0.1, 0.15) is 11.6 Å². The lowest BCUT2D eigenvalue weighted by Crippen LogP contribution is -2.00. The molecule has 0 N–H and O–H groups in total. The second-order valence-electron chi connectivity index (χ2n) is 6.08. The Hall–Kier alpha value is -3.79. The Bertz CT molecular complexity index is 1090. The third-order valence-corrected chi connectivity index (χ3v) is 5.02. The minimum Gasteiger partial charge on any atom is -0.391 e. The predicted molar refractivity (Wildman–Crippen MR) is 112 cm³/mol. The van der Waals surface area contributed by atoms with Crippen molar-refractivity contribution in [3.8, 4) is 0 Å². The monoisotopic (exact) mass is 424 g/mol. The number of nitro benzene ring substituents is 2. The molecule has 3 aromatic rings. The molecule has 0 amide bonds. The van der Waals surface area contributed by atoms with Gasteiger partial charge >= 0.3 is 0 Å². The van der Waals surface area contributed by atoms with Crippen LogP contribution in [0.2, 0.25) is 0 Å². The van der Waals surface area contributed by atoms with Crippen LogP contribution in [0.3, 0.4) is 0 Å². The minimum atomic E-state index is -0.477. The summed E-state index contributed by atoms with van der Waals surface area (Å²) in [5.41, 5.74) is 1.68. The number of hydrogen-bond donors (Lipinski definition) is 0. The average Bonchev–Trinajstić information content (AvgIpc) is 2.75. The van der Waals surface area contributed by atoms with E-state index in [0.29, 0.717) is 26.8 Å². The van der Waals surface area contributed by atoms with Crippen molar-refractivity contribution >= 4 is 28.8 Å². The van der Waals surface area contributed by atoms with Crippen LogP contribution < -0.4 is 0 Å². The second-order valence-corrected chi connectivity index (χ2v) is 7.15. The van der Waals surface area contributed by atoms with E-state index in [1.807, 2.05) is 6.07 Å². The number of pyridine rings is 1. The van der Waals surface area contributed by atoms with E-state index >= 15 is 0 Å². The Morgan fingerprint density at radius 2 is 1.83 bits per heavy atom. The maximum Gasteiger partial charge on any atom is 0.283 e. The summed E-state index contributed by atoms with van der Waals surface area (Å²) in [4.78, 5) is 31.2. The van der Waals surface area contributed by atoms with Crippen LogP contribution in [-0.4, -0.2) is 20.5 Å². The van der Waals surface area contributed by atoms with Crippen molar-refractivity contribution in [2.24, 2.45) is 5.16 Å². The van der Waals surface area contributed by atoms with Gasteiger partial charge in [0.25, 0.3) is 11.4 Å². The summed E-state index contributed by atoms with van der Waals surface area (Å²) < 4.78 is 0. The van der Waals surface area contributed by atoms with Gasteiger partial charge in [-0.2, -0.15) is 0 Å². The fraction of sp³-hybridized carbons (Fsp3) is 0.100. The van der Waals surface area contributed by atoms with E-state index in [-0.39, 0.29) is 18.0 Å². The van der Waals surface area contributed by atoms with Crippen LogP contribution in [0.25, 0.3) is 0 Å². The van der Waals surface area contributed by atoms with Crippen LogP contribution in [0.5, 0.6) is 0 Å². The van der Waals surface area contributed by atoms with Gasteiger partial charge in [-0.3, -0.25) is 20.2 Å². The summed E-state index contributed by atoms with van der Waals surface area (Å²) in [6.07, 6.45) is 1.63. The van der Waals surface area contributed by atoms with Gasteiger partial charge in [0.2, 0.25) is 0 Å². The summed E-state index contributed by atoms with van der Waals surface area (Å²) in [5.74, 6) is 0. The van der Waals surface area contributed by atoms with Gasteiger partial charge in [0.15, 0.2) is 0 Å². The van der Waals surface area contributed by atoms with Crippen molar-refractivity contribution in [3.63, 3.8) is 0 Å². The van der Waals surface area contributed by atoms with Gasteiger partial charge in [0.05, 0.1) is 20.5 Å². The number of oxime groups is 1. The van der Waals surface area contributed by atoms with Crippen LogP contribution in [0.1, 0.15) is 18.1 Å². The van der Waals surface area contributed by atoms with Crippen LogP contribution in [0.4, 0.5) is 11.4 Å². The number of aromatic nitrogens is 1. The number of non-ortho nitro benzene ring substituents is 1. The van der Waals surface area contributed by atoms with Gasteiger partial charge in [-0.15, -0.1) is 0 Å². The molecule has 0 atom stereocenters. The first-order valence-electron chi connectivity index (χ1n) is 8.71. The fourth-order valence-corrected chi connectivity index (χ4v) is 3.32. The first-order valence-corrected chi connectivity index (χ1v) is 9.53. The zero-order chi connectivity index (χ0) is 21.5. The molecule has 0 aliphatic carbocycles.